The van der Waals surface area contributed by atoms with Gasteiger partial charge in [0.05, 0.1) is 29.7 Å². The lowest BCUT2D eigenvalue weighted by molar-refractivity contribution is -0.137. The van der Waals surface area contributed by atoms with Gasteiger partial charge in [0, 0.05) is 6.42 Å². The summed E-state index contributed by atoms with van der Waals surface area (Å²) in [6.07, 6.45) is -0.0527. The number of aliphatic hydroxyl groups is 1. The first kappa shape index (κ1) is 22.8. The third-order valence-electron chi connectivity index (χ3n) is 5.83. The van der Waals surface area contributed by atoms with Crippen molar-refractivity contribution in [1.82, 2.24) is 4.31 Å². The fourth-order valence-corrected chi connectivity index (χ4v) is 5.97. The largest absolute Gasteiger partial charge is 0.512 e. The number of carbonyl (C=O) groups excluding carboxylic acids is 1. The second kappa shape index (κ2) is 9.21. The van der Waals surface area contributed by atoms with Crippen molar-refractivity contribution in [2.75, 3.05) is 7.11 Å². The highest BCUT2D eigenvalue weighted by molar-refractivity contribution is 7.89. The monoisotopic (exact) mass is 463 g/mol. The molecule has 0 aromatic heterocycles. The SMILES string of the molecule is COC(=O)C1=C(O)C[C@H](c2ccccc2)N(S(=O)(=O)c2ccc(C)cc2)[C@@H]1c1ccccc1. The number of carbonyl (C=O) groups is 1. The highest BCUT2D eigenvalue weighted by atomic mass is 32.2. The van der Waals surface area contributed by atoms with E-state index < -0.39 is 28.1 Å². The number of benzene rings is 3. The Kier molecular flexibility index (Phi) is 6.35. The van der Waals surface area contributed by atoms with Crippen molar-refractivity contribution in [2.24, 2.45) is 0 Å². The second-order valence-corrected chi connectivity index (χ2v) is 9.79. The zero-order valence-corrected chi connectivity index (χ0v) is 19.2. The summed E-state index contributed by atoms with van der Waals surface area (Å²) in [5.74, 6) is -0.947. The van der Waals surface area contributed by atoms with Crippen LogP contribution in [0.25, 0.3) is 0 Å². The maximum Gasteiger partial charge on any atom is 0.339 e. The molecule has 0 saturated carbocycles. The normalized spacial score (nSPS) is 19.3. The minimum atomic E-state index is -4.09. The van der Waals surface area contributed by atoms with E-state index in [1.807, 2.05) is 37.3 Å². The molecule has 0 radical (unpaired) electrons. The van der Waals surface area contributed by atoms with Crippen LogP contribution in [0, 0.1) is 6.92 Å². The van der Waals surface area contributed by atoms with Gasteiger partial charge in [-0.05, 0) is 30.2 Å². The van der Waals surface area contributed by atoms with Gasteiger partial charge in [-0.2, -0.15) is 4.31 Å². The fraction of sp³-hybridized carbons (Fsp3) is 0.192. The van der Waals surface area contributed by atoms with Crippen LogP contribution in [-0.2, 0) is 19.6 Å². The smallest absolute Gasteiger partial charge is 0.339 e. The first-order valence-corrected chi connectivity index (χ1v) is 12.0. The van der Waals surface area contributed by atoms with Gasteiger partial charge in [0.25, 0.3) is 0 Å². The summed E-state index contributed by atoms with van der Waals surface area (Å²) in [4.78, 5) is 12.9. The second-order valence-electron chi connectivity index (χ2n) is 7.94. The van der Waals surface area contributed by atoms with Crippen LogP contribution in [0.15, 0.2) is 101 Å². The average molecular weight is 464 g/mol. The predicted molar refractivity (Wildman–Crippen MR) is 125 cm³/mol. The number of sulfonamides is 1. The molecule has 0 fully saturated rings. The first-order valence-electron chi connectivity index (χ1n) is 10.5. The van der Waals surface area contributed by atoms with Crippen molar-refractivity contribution in [2.45, 2.75) is 30.3 Å². The molecule has 0 amide bonds. The number of hydrogen-bond acceptors (Lipinski definition) is 5. The van der Waals surface area contributed by atoms with Crippen LogP contribution < -0.4 is 0 Å². The Morgan fingerprint density at radius 3 is 2.00 bits per heavy atom. The van der Waals surface area contributed by atoms with Crippen molar-refractivity contribution < 1.29 is 23.1 Å². The molecule has 0 unspecified atom stereocenters. The summed E-state index contributed by atoms with van der Waals surface area (Å²) >= 11 is 0. The Balaban J connectivity index is 2.01. The number of methoxy groups -OCH3 is 1. The number of aliphatic hydroxyl groups excluding tert-OH is 1. The van der Waals surface area contributed by atoms with Crippen LogP contribution >= 0.6 is 0 Å². The van der Waals surface area contributed by atoms with Gasteiger partial charge in [-0.15, -0.1) is 0 Å². The van der Waals surface area contributed by atoms with E-state index in [9.17, 15) is 18.3 Å². The Labute approximate surface area is 193 Å². The fourth-order valence-electron chi connectivity index (χ4n) is 4.21. The molecule has 1 N–H and O–H groups in total. The molecule has 0 bridgehead atoms. The molecule has 0 saturated heterocycles. The summed E-state index contributed by atoms with van der Waals surface area (Å²) < 4.78 is 34.5. The molecular formula is C26H25NO5S. The van der Waals surface area contributed by atoms with Crippen LogP contribution in [0.3, 0.4) is 0 Å². The van der Waals surface area contributed by atoms with Gasteiger partial charge in [0.1, 0.15) is 5.76 Å². The number of nitrogens with zero attached hydrogens (tertiary/aromatic N) is 1. The quantitative estimate of drug-likeness (QED) is 0.547. The highest BCUT2D eigenvalue weighted by Gasteiger charge is 2.47. The van der Waals surface area contributed by atoms with Crippen LogP contribution in [-0.4, -0.2) is 30.9 Å². The van der Waals surface area contributed by atoms with Gasteiger partial charge in [-0.3, -0.25) is 0 Å². The molecule has 7 heteroatoms. The summed E-state index contributed by atoms with van der Waals surface area (Å²) in [5, 5.41) is 11.0. The van der Waals surface area contributed by atoms with E-state index >= 15 is 0 Å². The maximum absolute atomic E-state index is 14.1. The number of rotatable bonds is 5. The van der Waals surface area contributed by atoms with Gasteiger partial charge in [-0.25, -0.2) is 13.2 Å². The van der Waals surface area contributed by atoms with Crippen LogP contribution in [0.5, 0.6) is 0 Å². The van der Waals surface area contributed by atoms with Gasteiger partial charge < -0.3 is 9.84 Å². The van der Waals surface area contributed by atoms with Crippen molar-refractivity contribution in [1.29, 1.82) is 0 Å². The summed E-state index contributed by atoms with van der Waals surface area (Å²) in [7, 11) is -2.88. The van der Waals surface area contributed by atoms with Crippen molar-refractivity contribution >= 4 is 16.0 Å². The zero-order valence-electron chi connectivity index (χ0n) is 18.4. The third kappa shape index (κ3) is 4.29. The average Bonchev–Trinajstić information content (AvgIpc) is 2.84. The third-order valence-corrected chi connectivity index (χ3v) is 7.72. The number of ether oxygens (including phenoxy) is 1. The summed E-state index contributed by atoms with van der Waals surface area (Å²) in [6.45, 7) is 1.88. The Hall–Kier alpha value is -3.42. The van der Waals surface area contributed by atoms with Crippen LogP contribution in [0.1, 0.15) is 35.2 Å². The van der Waals surface area contributed by atoms with Crippen molar-refractivity contribution in [3.8, 4) is 0 Å². The van der Waals surface area contributed by atoms with Crippen molar-refractivity contribution in [3.63, 3.8) is 0 Å². The predicted octanol–water partition coefficient (Wildman–Crippen LogP) is 4.86. The lowest BCUT2D eigenvalue weighted by Gasteiger charge is -2.41. The van der Waals surface area contributed by atoms with E-state index in [1.165, 1.54) is 11.4 Å². The Morgan fingerprint density at radius 1 is 0.909 bits per heavy atom. The molecule has 2 atom stereocenters. The minimum Gasteiger partial charge on any atom is -0.512 e. The summed E-state index contributed by atoms with van der Waals surface area (Å²) in [5.41, 5.74) is 2.12. The Bertz CT molecular complexity index is 1270. The lowest BCUT2D eigenvalue weighted by atomic mass is 9.88. The maximum atomic E-state index is 14.1. The molecule has 1 aliphatic rings. The van der Waals surface area contributed by atoms with E-state index in [0.717, 1.165) is 5.56 Å². The van der Waals surface area contributed by atoms with Crippen LogP contribution in [0.2, 0.25) is 0 Å². The molecule has 0 aliphatic carbocycles. The molecular weight excluding hydrogens is 438 g/mol. The highest BCUT2D eigenvalue weighted by Crippen LogP contribution is 2.47. The molecule has 4 rings (SSSR count). The number of esters is 1. The van der Waals surface area contributed by atoms with E-state index in [4.69, 9.17) is 4.74 Å². The number of aryl methyl sites for hydroxylation is 1. The molecule has 170 valence electrons. The van der Waals surface area contributed by atoms with Crippen LogP contribution in [0.4, 0.5) is 0 Å². The molecule has 33 heavy (non-hydrogen) atoms. The standard InChI is InChI=1S/C26H25NO5S/c1-18-13-15-21(16-14-18)33(30,31)27-22(19-9-5-3-6-10-19)17-23(28)24(26(29)32-2)25(27)20-11-7-4-8-12-20/h3-16,22,25,28H,17H2,1-2H3/t22-,25-/m1/s1. The van der Waals surface area contributed by atoms with Gasteiger partial charge in [0.2, 0.25) is 10.0 Å². The molecule has 1 heterocycles. The molecule has 6 nitrogen and oxygen atoms in total. The number of hydrogen-bond donors (Lipinski definition) is 1. The van der Waals surface area contributed by atoms with E-state index in [-0.39, 0.29) is 22.6 Å². The topological polar surface area (TPSA) is 83.9 Å². The zero-order chi connectivity index (χ0) is 23.6. The van der Waals surface area contributed by atoms with Gasteiger partial charge in [-0.1, -0.05) is 78.4 Å². The molecule has 1 aliphatic heterocycles. The Morgan fingerprint density at radius 2 is 1.45 bits per heavy atom. The first-order chi connectivity index (χ1) is 15.8. The molecule has 3 aromatic carbocycles. The van der Waals surface area contributed by atoms with E-state index in [0.29, 0.717) is 11.1 Å². The summed E-state index contributed by atoms with van der Waals surface area (Å²) in [6, 6.07) is 22.8. The minimum absolute atomic E-state index is 0.0527. The van der Waals surface area contributed by atoms with E-state index in [2.05, 4.69) is 0 Å². The van der Waals surface area contributed by atoms with Gasteiger partial charge >= 0.3 is 5.97 Å². The molecule has 0 spiro atoms. The molecule has 3 aromatic rings. The van der Waals surface area contributed by atoms with Crippen molar-refractivity contribution in [3.05, 3.63) is 113 Å². The van der Waals surface area contributed by atoms with E-state index in [1.54, 1.807) is 54.6 Å². The van der Waals surface area contributed by atoms with Gasteiger partial charge in [0.15, 0.2) is 0 Å². The lowest BCUT2D eigenvalue weighted by Crippen LogP contribution is -2.43.